The fourth-order valence-corrected chi connectivity index (χ4v) is 1.27. The van der Waals surface area contributed by atoms with Gasteiger partial charge in [0.1, 0.15) is 0 Å². The molecule has 0 saturated heterocycles. The highest BCUT2D eigenvalue weighted by molar-refractivity contribution is 5.21. The van der Waals surface area contributed by atoms with Crippen LogP contribution in [0.4, 0.5) is 0 Å². The molecular weight excluding hydrogens is 146 g/mol. The van der Waals surface area contributed by atoms with Crippen LogP contribution in [0.1, 0.15) is 34.1 Å². The molecule has 1 nitrogen and oxygen atoms in total. The van der Waals surface area contributed by atoms with Crippen LogP contribution in [-0.4, -0.2) is 11.4 Å². The van der Waals surface area contributed by atoms with Gasteiger partial charge in [-0.1, -0.05) is 26.8 Å². The molecule has 1 aliphatic rings. The molecule has 12 heavy (non-hydrogen) atoms. The first-order valence-electron chi connectivity index (χ1n) is 4.70. The molecule has 0 aromatic heterocycles. The van der Waals surface area contributed by atoms with Gasteiger partial charge in [0, 0.05) is 24.4 Å². The van der Waals surface area contributed by atoms with Crippen LogP contribution in [0.2, 0.25) is 0 Å². The summed E-state index contributed by atoms with van der Waals surface area (Å²) in [7, 11) is 0. The third-order valence-corrected chi connectivity index (χ3v) is 2.54. The summed E-state index contributed by atoms with van der Waals surface area (Å²) in [4.78, 5) is 2.26. The Balaban J connectivity index is 2.69. The lowest BCUT2D eigenvalue weighted by Gasteiger charge is -2.30. The molecule has 0 amide bonds. The van der Waals surface area contributed by atoms with Gasteiger partial charge in [-0.05, 0) is 18.9 Å². The van der Waals surface area contributed by atoms with Crippen LogP contribution in [0.3, 0.4) is 0 Å². The van der Waals surface area contributed by atoms with Crippen molar-refractivity contribution in [3.05, 3.63) is 24.0 Å². The number of hydrogen-bond acceptors (Lipinski definition) is 1. The molecule has 68 valence electrons. The molecule has 0 aromatic carbocycles. The third-order valence-electron chi connectivity index (χ3n) is 2.54. The molecule has 1 rings (SSSR count). The molecule has 0 unspecified atom stereocenters. The van der Waals surface area contributed by atoms with E-state index in [4.69, 9.17) is 0 Å². The van der Waals surface area contributed by atoms with Crippen molar-refractivity contribution >= 4 is 0 Å². The van der Waals surface area contributed by atoms with Gasteiger partial charge >= 0.3 is 0 Å². The van der Waals surface area contributed by atoms with E-state index in [1.807, 2.05) is 0 Å². The Morgan fingerprint density at radius 1 is 1.42 bits per heavy atom. The van der Waals surface area contributed by atoms with Crippen LogP contribution in [0.5, 0.6) is 0 Å². The lowest BCUT2D eigenvalue weighted by molar-refractivity contribution is 0.441. The smallest absolute Gasteiger partial charge is 0.0216 e. The minimum atomic E-state index is 0.254. The monoisotopic (exact) mass is 165 g/mol. The predicted octanol–water partition coefficient (Wildman–Crippen LogP) is 3.16. The van der Waals surface area contributed by atoms with Crippen molar-refractivity contribution in [3.63, 3.8) is 0 Å². The van der Waals surface area contributed by atoms with Gasteiger partial charge in [-0.25, -0.2) is 0 Å². The van der Waals surface area contributed by atoms with Gasteiger partial charge in [0.05, 0.1) is 0 Å². The van der Waals surface area contributed by atoms with E-state index in [9.17, 15) is 0 Å². The van der Waals surface area contributed by atoms with Crippen molar-refractivity contribution < 1.29 is 0 Å². The zero-order chi connectivity index (χ0) is 9.19. The molecule has 0 bridgehead atoms. The van der Waals surface area contributed by atoms with Gasteiger partial charge in [-0.3, -0.25) is 0 Å². The Kier molecular flexibility index (Phi) is 2.61. The van der Waals surface area contributed by atoms with Crippen LogP contribution in [0.25, 0.3) is 0 Å². The van der Waals surface area contributed by atoms with Crippen LogP contribution in [0.15, 0.2) is 24.0 Å². The van der Waals surface area contributed by atoms with Gasteiger partial charge in [0.25, 0.3) is 0 Å². The predicted molar refractivity (Wildman–Crippen MR) is 53.7 cm³/mol. The van der Waals surface area contributed by atoms with E-state index in [1.165, 1.54) is 12.0 Å². The van der Waals surface area contributed by atoms with Crippen LogP contribution in [-0.2, 0) is 0 Å². The summed E-state index contributed by atoms with van der Waals surface area (Å²) in [5.74, 6) is 0. The fourth-order valence-electron chi connectivity index (χ4n) is 1.27. The lowest BCUT2D eigenvalue weighted by Crippen LogP contribution is -2.21. The first-order valence-corrected chi connectivity index (χ1v) is 4.70. The van der Waals surface area contributed by atoms with Crippen molar-refractivity contribution in [3.8, 4) is 0 Å². The minimum Gasteiger partial charge on any atom is -0.355 e. The topological polar surface area (TPSA) is 3.24 Å². The van der Waals surface area contributed by atoms with Gasteiger partial charge in [-0.2, -0.15) is 0 Å². The molecule has 1 heteroatoms. The second-order valence-electron chi connectivity index (χ2n) is 4.09. The first-order chi connectivity index (χ1) is 5.56. The average Bonchev–Trinajstić information content (AvgIpc) is 1.98. The minimum absolute atomic E-state index is 0.254. The maximum Gasteiger partial charge on any atom is 0.0216 e. The highest BCUT2D eigenvalue weighted by Crippen LogP contribution is 2.30. The standard InChI is InChI=1S/C11H19N/c1-5-7-12-8-6-11(3,4)10(2)9-12/h6,8-9H,5,7H2,1-4H3. The summed E-state index contributed by atoms with van der Waals surface area (Å²) in [5.41, 5.74) is 1.70. The summed E-state index contributed by atoms with van der Waals surface area (Å²) in [6.07, 6.45) is 7.92. The SMILES string of the molecule is CCCN1C=CC(C)(C)C(C)=C1. The molecule has 0 saturated carbocycles. The number of allylic oxidation sites excluding steroid dienone is 2. The van der Waals surface area contributed by atoms with Crippen molar-refractivity contribution in [2.75, 3.05) is 6.54 Å². The van der Waals surface area contributed by atoms with E-state index in [-0.39, 0.29) is 5.41 Å². The van der Waals surface area contributed by atoms with Gasteiger partial charge in [-0.15, -0.1) is 0 Å². The molecular formula is C11H19N. The van der Waals surface area contributed by atoms with E-state index >= 15 is 0 Å². The molecule has 0 atom stereocenters. The van der Waals surface area contributed by atoms with Crippen molar-refractivity contribution in [1.29, 1.82) is 0 Å². The maximum atomic E-state index is 2.28. The van der Waals surface area contributed by atoms with Crippen molar-refractivity contribution in [1.82, 2.24) is 4.90 Å². The first kappa shape index (κ1) is 9.37. The number of rotatable bonds is 2. The molecule has 0 aromatic rings. The zero-order valence-corrected chi connectivity index (χ0v) is 8.59. The molecule has 0 fully saturated rings. The Hall–Kier alpha value is -0.720. The van der Waals surface area contributed by atoms with Crippen molar-refractivity contribution in [2.24, 2.45) is 5.41 Å². The molecule has 0 N–H and O–H groups in total. The average molecular weight is 165 g/mol. The second kappa shape index (κ2) is 3.34. The van der Waals surface area contributed by atoms with Gasteiger partial charge < -0.3 is 4.90 Å². The van der Waals surface area contributed by atoms with E-state index in [0.29, 0.717) is 0 Å². The Labute approximate surface area is 75.8 Å². The maximum absolute atomic E-state index is 2.28. The van der Waals surface area contributed by atoms with Crippen LogP contribution < -0.4 is 0 Å². The molecule has 0 aliphatic carbocycles. The highest BCUT2D eigenvalue weighted by Gasteiger charge is 2.19. The third kappa shape index (κ3) is 1.90. The normalized spacial score (nSPS) is 21.0. The van der Waals surface area contributed by atoms with E-state index in [2.05, 4.69) is 51.1 Å². The van der Waals surface area contributed by atoms with Crippen molar-refractivity contribution in [2.45, 2.75) is 34.1 Å². The summed E-state index contributed by atoms with van der Waals surface area (Å²) >= 11 is 0. The summed E-state index contributed by atoms with van der Waals surface area (Å²) in [5, 5.41) is 0. The number of nitrogens with zero attached hydrogens (tertiary/aromatic N) is 1. The number of hydrogen-bond donors (Lipinski definition) is 0. The molecule has 1 aliphatic heterocycles. The lowest BCUT2D eigenvalue weighted by atomic mass is 9.84. The van der Waals surface area contributed by atoms with Crippen LogP contribution >= 0.6 is 0 Å². The van der Waals surface area contributed by atoms with E-state index in [0.717, 1.165) is 6.54 Å². The van der Waals surface area contributed by atoms with Gasteiger partial charge in [0.15, 0.2) is 0 Å². The Bertz CT molecular complexity index is 211. The van der Waals surface area contributed by atoms with E-state index < -0.39 is 0 Å². The Morgan fingerprint density at radius 2 is 2.08 bits per heavy atom. The van der Waals surface area contributed by atoms with Gasteiger partial charge in [0.2, 0.25) is 0 Å². The summed E-state index contributed by atoms with van der Waals surface area (Å²) < 4.78 is 0. The van der Waals surface area contributed by atoms with E-state index in [1.54, 1.807) is 0 Å². The Morgan fingerprint density at radius 3 is 2.58 bits per heavy atom. The summed E-state index contributed by atoms with van der Waals surface area (Å²) in [6, 6.07) is 0. The molecule has 0 radical (unpaired) electrons. The fraction of sp³-hybridized carbons (Fsp3) is 0.636. The zero-order valence-electron chi connectivity index (χ0n) is 8.59. The largest absolute Gasteiger partial charge is 0.355 e. The second-order valence-corrected chi connectivity index (χ2v) is 4.09. The molecule has 0 spiro atoms. The highest BCUT2D eigenvalue weighted by atomic mass is 15.1. The quantitative estimate of drug-likeness (QED) is 0.607. The van der Waals surface area contributed by atoms with Crippen LogP contribution in [0, 0.1) is 5.41 Å². The molecule has 1 heterocycles. The summed E-state index contributed by atoms with van der Waals surface area (Å²) in [6.45, 7) is 10.0.